The second-order valence-corrected chi connectivity index (χ2v) is 7.06. The molecule has 0 amide bonds. The fourth-order valence-electron chi connectivity index (χ4n) is 3.34. The number of aliphatic imine (C=N–C) groups is 1. The monoisotopic (exact) mass is 348 g/mol. The van der Waals surface area contributed by atoms with Crippen molar-refractivity contribution >= 4 is 5.96 Å². The fourth-order valence-corrected chi connectivity index (χ4v) is 3.34. The molecule has 1 aromatic heterocycles. The van der Waals surface area contributed by atoms with Crippen molar-refractivity contribution in [3.8, 4) is 0 Å². The number of guanidine groups is 1. The molecule has 25 heavy (non-hydrogen) atoms. The van der Waals surface area contributed by atoms with Gasteiger partial charge in [-0.2, -0.15) is 0 Å². The molecule has 0 spiro atoms. The van der Waals surface area contributed by atoms with Gasteiger partial charge < -0.3 is 15.6 Å². The van der Waals surface area contributed by atoms with Gasteiger partial charge in [0.15, 0.2) is 5.96 Å². The molecule has 2 heterocycles. The predicted octanol–water partition coefficient (Wildman–Crippen LogP) is 3.20. The maximum Gasteiger partial charge on any atom is 0.188 e. The Morgan fingerprint density at radius 1 is 1.08 bits per heavy atom. The molecule has 1 aromatic rings. The molecule has 1 aliphatic rings. The third kappa shape index (κ3) is 7.45. The smallest absolute Gasteiger partial charge is 0.188 e. The number of rotatable bonds is 11. The Labute approximate surface area is 152 Å². The van der Waals surface area contributed by atoms with Gasteiger partial charge in [0, 0.05) is 32.5 Å². The summed E-state index contributed by atoms with van der Waals surface area (Å²) < 4.78 is 2.32. The molecule has 1 aliphatic heterocycles. The Morgan fingerprint density at radius 3 is 2.80 bits per heavy atom. The van der Waals surface area contributed by atoms with E-state index in [-0.39, 0.29) is 0 Å². The average molecular weight is 349 g/mol. The number of nitrogens with one attached hydrogen (secondary N) is 1. The minimum Gasteiger partial charge on any atom is -0.370 e. The summed E-state index contributed by atoms with van der Waals surface area (Å²) in [6.07, 6.45) is 14.5. The van der Waals surface area contributed by atoms with Crippen LogP contribution in [0.1, 0.15) is 82.8 Å². The van der Waals surface area contributed by atoms with Crippen molar-refractivity contribution in [3.05, 3.63) is 11.6 Å². The van der Waals surface area contributed by atoms with Crippen molar-refractivity contribution in [1.82, 2.24) is 20.1 Å². The summed E-state index contributed by atoms with van der Waals surface area (Å²) in [5.74, 6) is 2.86. The summed E-state index contributed by atoms with van der Waals surface area (Å²) in [7, 11) is 0. The van der Waals surface area contributed by atoms with E-state index in [1.807, 2.05) is 0 Å². The summed E-state index contributed by atoms with van der Waals surface area (Å²) in [5, 5.41) is 11.9. The molecule has 0 saturated carbocycles. The van der Waals surface area contributed by atoms with Gasteiger partial charge in [-0.05, 0) is 25.7 Å². The van der Waals surface area contributed by atoms with E-state index in [4.69, 9.17) is 5.73 Å². The van der Waals surface area contributed by atoms with Gasteiger partial charge in [-0.25, -0.2) is 0 Å². The van der Waals surface area contributed by atoms with Crippen molar-refractivity contribution in [2.75, 3.05) is 13.1 Å². The molecule has 6 nitrogen and oxygen atoms in total. The van der Waals surface area contributed by atoms with E-state index < -0.39 is 0 Å². The minimum absolute atomic E-state index is 0.577. The molecule has 0 aliphatic carbocycles. The van der Waals surface area contributed by atoms with E-state index in [1.165, 1.54) is 57.8 Å². The Hall–Kier alpha value is -1.59. The standard InChI is InChI=1S/C19H36N6/c1-2-3-4-5-6-9-14-21-19(20)22-15-11-13-18-24-23-17-12-8-7-10-16-25(17)18/h2-16H2,1H3,(H3,20,21,22). The van der Waals surface area contributed by atoms with Crippen LogP contribution in [-0.2, 0) is 19.4 Å². The Bertz CT molecular complexity index is 508. The van der Waals surface area contributed by atoms with Gasteiger partial charge in [-0.3, -0.25) is 4.99 Å². The van der Waals surface area contributed by atoms with Gasteiger partial charge >= 0.3 is 0 Å². The van der Waals surface area contributed by atoms with Gasteiger partial charge in [0.1, 0.15) is 11.6 Å². The van der Waals surface area contributed by atoms with Crippen LogP contribution in [0.5, 0.6) is 0 Å². The predicted molar refractivity (Wildman–Crippen MR) is 104 cm³/mol. The molecule has 0 unspecified atom stereocenters. The molecule has 6 heteroatoms. The Morgan fingerprint density at radius 2 is 1.92 bits per heavy atom. The van der Waals surface area contributed by atoms with Crippen LogP contribution in [0.2, 0.25) is 0 Å². The molecule has 0 radical (unpaired) electrons. The van der Waals surface area contributed by atoms with Crippen LogP contribution in [0.15, 0.2) is 4.99 Å². The Kier molecular flexibility index (Phi) is 9.37. The molecular formula is C19H36N6. The zero-order valence-corrected chi connectivity index (χ0v) is 16.0. The lowest BCUT2D eigenvalue weighted by Gasteiger charge is -2.07. The molecule has 0 saturated heterocycles. The van der Waals surface area contributed by atoms with Gasteiger partial charge in [0.25, 0.3) is 0 Å². The molecular weight excluding hydrogens is 312 g/mol. The van der Waals surface area contributed by atoms with Crippen molar-refractivity contribution < 1.29 is 0 Å². The van der Waals surface area contributed by atoms with Crippen LogP contribution < -0.4 is 11.1 Å². The topological polar surface area (TPSA) is 81.1 Å². The number of hydrogen-bond acceptors (Lipinski definition) is 3. The van der Waals surface area contributed by atoms with E-state index in [0.717, 1.165) is 50.5 Å². The van der Waals surface area contributed by atoms with Crippen LogP contribution in [0.4, 0.5) is 0 Å². The molecule has 0 atom stereocenters. The molecule has 2 rings (SSSR count). The Balaban J connectivity index is 1.57. The van der Waals surface area contributed by atoms with Crippen LogP contribution in [0.3, 0.4) is 0 Å². The SMILES string of the molecule is CCCCCCCCNC(N)=NCCCc1nnc2n1CCCCC2. The first kappa shape index (κ1) is 19.7. The van der Waals surface area contributed by atoms with Crippen LogP contribution >= 0.6 is 0 Å². The fraction of sp³-hybridized carbons (Fsp3) is 0.842. The largest absolute Gasteiger partial charge is 0.370 e. The molecule has 0 aromatic carbocycles. The number of aromatic nitrogens is 3. The molecule has 142 valence electrons. The number of nitrogens with zero attached hydrogens (tertiary/aromatic N) is 4. The van der Waals surface area contributed by atoms with E-state index in [9.17, 15) is 0 Å². The number of fused-ring (bicyclic) bond motifs is 1. The van der Waals surface area contributed by atoms with E-state index in [0.29, 0.717) is 5.96 Å². The van der Waals surface area contributed by atoms with Crippen LogP contribution in [0, 0.1) is 0 Å². The van der Waals surface area contributed by atoms with E-state index in [2.05, 4.69) is 32.0 Å². The minimum atomic E-state index is 0.577. The van der Waals surface area contributed by atoms with Crippen LogP contribution in [0.25, 0.3) is 0 Å². The average Bonchev–Trinajstić information content (AvgIpc) is 2.84. The number of nitrogens with two attached hydrogens (primary N) is 1. The highest BCUT2D eigenvalue weighted by molar-refractivity contribution is 5.77. The maximum atomic E-state index is 5.93. The summed E-state index contributed by atoms with van der Waals surface area (Å²) >= 11 is 0. The van der Waals surface area contributed by atoms with Gasteiger partial charge in [0.05, 0.1) is 0 Å². The summed E-state index contributed by atoms with van der Waals surface area (Å²) in [4.78, 5) is 4.43. The lowest BCUT2D eigenvalue weighted by molar-refractivity contribution is 0.596. The van der Waals surface area contributed by atoms with Gasteiger partial charge in [0.2, 0.25) is 0 Å². The molecule has 3 N–H and O–H groups in total. The first-order valence-electron chi connectivity index (χ1n) is 10.3. The maximum absolute atomic E-state index is 5.93. The quantitative estimate of drug-likeness (QED) is 0.365. The highest BCUT2D eigenvalue weighted by Crippen LogP contribution is 2.15. The van der Waals surface area contributed by atoms with Crippen molar-refractivity contribution in [3.63, 3.8) is 0 Å². The zero-order valence-electron chi connectivity index (χ0n) is 16.0. The van der Waals surface area contributed by atoms with Crippen molar-refractivity contribution in [2.45, 2.75) is 90.5 Å². The lowest BCUT2D eigenvalue weighted by Crippen LogP contribution is -2.32. The molecule has 0 bridgehead atoms. The number of aryl methyl sites for hydroxylation is 2. The number of hydrogen-bond donors (Lipinski definition) is 2. The second kappa shape index (κ2) is 11.9. The van der Waals surface area contributed by atoms with E-state index >= 15 is 0 Å². The first-order valence-corrected chi connectivity index (χ1v) is 10.3. The normalized spacial score (nSPS) is 15.0. The van der Waals surface area contributed by atoms with Gasteiger partial charge in [-0.15, -0.1) is 10.2 Å². The van der Waals surface area contributed by atoms with Crippen molar-refractivity contribution in [1.29, 1.82) is 0 Å². The lowest BCUT2D eigenvalue weighted by atomic mass is 10.1. The third-order valence-corrected chi connectivity index (χ3v) is 4.86. The summed E-state index contributed by atoms with van der Waals surface area (Å²) in [5.41, 5.74) is 5.93. The van der Waals surface area contributed by atoms with Gasteiger partial charge in [-0.1, -0.05) is 45.4 Å². The summed E-state index contributed by atoms with van der Waals surface area (Å²) in [6, 6.07) is 0. The first-order chi connectivity index (χ1) is 12.3. The second-order valence-electron chi connectivity index (χ2n) is 7.06. The van der Waals surface area contributed by atoms with Crippen molar-refractivity contribution in [2.24, 2.45) is 10.7 Å². The molecule has 0 fully saturated rings. The summed E-state index contributed by atoms with van der Waals surface area (Å²) in [6.45, 7) is 5.00. The third-order valence-electron chi connectivity index (χ3n) is 4.86. The van der Waals surface area contributed by atoms with Crippen LogP contribution in [-0.4, -0.2) is 33.8 Å². The highest BCUT2D eigenvalue weighted by Gasteiger charge is 2.13. The highest BCUT2D eigenvalue weighted by atomic mass is 15.3. The number of unbranched alkanes of at least 4 members (excludes halogenated alkanes) is 5. The van der Waals surface area contributed by atoms with E-state index in [1.54, 1.807) is 0 Å². The zero-order chi connectivity index (χ0) is 17.7.